The molecule has 0 atom stereocenters. The smallest absolute Gasteiger partial charge is 0.219 e. The maximum Gasteiger partial charge on any atom is 0.219 e. The summed E-state index contributed by atoms with van der Waals surface area (Å²) in [6.45, 7) is 2.70. The zero-order chi connectivity index (χ0) is 9.52. The van der Waals surface area contributed by atoms with Gasteiger partial charge < -0.3 is 5.32 Å². The van der Waals surface area contributed by atoms with Gasteiger partial charge in [-0.1, -0.05) is 6.92 Å². The Kier molecular flexibility index (Phi) is 4.46. The second-order valence-electron chi connectivity index (χ2n) is 2.78. The molecule has 1 N–H and O–H groups in total. The lowest BCUT2D eigenvalue weighted by molar-refractivity contribution is -0.121. The van der Waals surface area contributed by atoms with Gasteiger partial charge in [0.2, 0.25) is 5.91 Å². The van der Waals surface area contributed by atoms with Gasteiger partial charge in [-0.3, -0.25) is 4.79 Å². The first-order valence-electron chi connectivity index (χ1n) is 4.48. The van der Waals surface area contributed by atoms with Crippen LogP contribution in [0.5, 0.6) is 0 Å². The second-order valence-corrected chi connectivity index (χ2v) is 3.75. The fourth-order valence-corrected chi connectivity index (χ4v) is 1.62. The van der Waals surface area contributed by atoms with E-state index in [0.29, 0.717) is 13.0 Å². The van der Waals surface area contributed by atoms with E-state index in [4.69, 9.17) is 0 Å². The highest BCUT2D eigenvalue weighted by Gasteiger charge is 1.99. The molecule has 0 radical (unpaired) electrons. The molecule has 0 saturated carbocycles. The molecule has 1 rings (SSSR count). The molecule has 0 spiro atoms. The monoisotopic (exact) mass is 198 g/mol. The van der Waals surface area contributed by atoms with Crippen molar-refractivity contribution in [3.8, 4) is 0 Å². The maximum atomic E-state index is 11.0. The molecule has 72 valence electrons. The van der Waals surface area contributed by atoms with Crippen molar-refractivity contribution >= 4 is 17.2 Å². The normalized spacial score (nSPS) is 9.92. The van der Waals surface area contributed by atoms with Crippen LogP contribution in [0.3, 0.4) is 0 Å². The van der Waals surface area contributed by atoms with Crippen LogP contribution < -0.4 is 5.32 Å². The fourth-order valence-electron chi connectivity index (χ4n) is 1.00. The standard InChI is InChI=1S/C9H14N2OS/c1-2-3-8(12)10-5-4-9-11-6-7-13-9/h6-7H,2-5H2,1H3,(H,10,12). The molecule has 1 amide bonds. The number of amides is 1. The van der Waals surface area contributed by atoms with E-state index in [1.165, 1.54) is 0 Å². The number of nitrogens with zero attached hydrogens (tertiary/aromatic N) is 1. The largest absolute Gasteiger partial charge is 0.356 e. The Morgan fingerprint density at radius 2 is 2.54 bits per heavy atom. The SMILES string of the molecule is CCCC(=O)NCCc1nccs1. The van der Waals surface area contributed by atoms with Gasteiger partial charge in [-0.05, 0) is 6.42 Å². The Balaban J connectivity index is 2.11. The predicted octanol–water partition coefficient (Wildman–Crippen LogP) is 1.60. The Morgan fingerprint density at radius 3 is 3.15 bits per heavy atom. The first-order valence-corrected chi connectivity index (χ1v) is 5.36. The van der Waals surface area contributed by atoms with E-state index < -0.39 is 0 Å². The van der Waals surface area contributed by atoms with Crippen molar-refractivity contribution in [3.05, 3.63) is 16.6 Å². The lowest BCUT2D eigenvalue weighted by Gasteiger charge is -2.01. The summed E-state index contributed by atoms with van der Waals surface area (Å²) in [6.07, 6.45) is 4.15. The van der Waals surface area contributed by atoms with E-state index in [0.717, 1.165) is 17.8 Å². The first-order chi connectivity index (χ1) is 6.33. The first kappa shape index (κ1) is 10.2. The van der Waals surface area contributed by atoms with Crippen LogP contribution in [0.15, 0.2) is 11.6 Å². The fraction of sp³-hybridized carbons (Fsp3) is 0.556. The minimum absolute atomic E-state index is 0.138. The summed E-state index contributed by atoms with van der Waals surface area (Å²) < 4.78 is 0. The lowest BCUT2D eigenvalue weighted by Crippen LogP contribution is -2.25. The summed E-state index contributed by atoms with van der Waals surface area (Å²) >= 11 is 1.63. The third-order valence-corrected chi connectivity index (χ3v) is 2.46. The molecule has 0 aromatic carbocycles. The molecule has 1 aromatic heterocycles. The summed E-state index contributed by atoms with van der Waals surface area (Å²) in [4.78, 5) is 15.2. The van der Waals surface area contributed by atoms with Gasteiger partial charge in [-0.15, -0.1) is 11.3 Å². The van der Waals surface area contributed by atoms with Crippen molar-refractivity contribution in [1.29, 1.82) is 0 Å². The summed E-state index contributed by atoms with van der Waals surface area (Å²) in [5.41, 5.74) is 0. The van der Waals surface area contributed by atoms with Gasteiger partial charge >= 0.3 is 0 Å². The van der Waals surface area contributed by atoms with Gasteiger partial charge in [0.25, 0.3) is 0 Å². The van der Waals surface area contributed by atoms with Gasteiger partial charge in [-0.2, -0.15) is 0 Å². The molecule has 0 aliphatic heterocycles. The molecule has 1 heterocycles. The van der Waals surface area contributed by atoms with Gasteiger partial charge in [-0.25, -0.2) is 4.98 Å². The van der Waals surface area contributed by atoms with E-state index in [2.05, 4.69) is 10.3 Å². The number of carbonyl (C=O) groups excluding carboxylic acids is 1. The number of hydrogen-bond donors (Lipinski definition) is 1. The van der Waals surface area contributed by atoms with Crippen molar-refractivity contribution in [2.75, 3.05) is 6.54 Å². The predicted molar refractivity (Wildman–Crippen MR) is 53.7 cm³/mol. The second kappa shape index (κ2) is 5.70. The van der Waals surface area contributed by atoms with E-state index in [9.17, 15) is 4.79 Å². The van der Waals surface area contributed by atoms with Gasteiger partial charge in [0.05, 0.1) is 5.01 Å². The Hall–Kier alpha value is -0.900. The molecule has 0 aliphatic rings. The third kappa shape index (κ3) is 4.03. The third-order valence-electron chi connectivity index (χ3n) is 1.62. The Labute approximate surface area is 82.2 Å². The molecule has 0 aliphatic carbocycles. The minimum Gasteiger partial charge on any atom is -0.356 e. The summed E-state index contributed by atoms with van der Waals surface area (Å²) in [5, 5.41) is 5.88. The molecule has 13 heavy (non-hydrogen) atoms. The molecular weight excluding hydrogens is 184 g/mol. The van der Waals surface area contributed by atoms with Crippen LogP contribution in [0.4, 0.5) is 0 Å². The molecule has 3 nitrogen and oxygen atoms in total. The van der Waals surface area contributed by atoms with Crippen molar-refractivity contribution in [3.63, 3.8) is 0 Å². The van der Waals surface area contributed by atoms with Crippen LogP contribution in [0.25, 0.3) is 0 Å². The quantitative estimate of drug-likeness (QED) is 0.781. The van der Waals surface area contributed by atoms with E-state index in [1.807, 2.05) is 12.3 Å². The number of nitrogens with one attached hydrogen (secondary N) is 1. The van der Waals surface area contributed by atoms with E-state index >= 15 is 0 Å². The Morgan fingerprint density at radius 1 is 1.69 bits per heavy atom. The van der Waals surface area contributed by atoms with Crippen molar-refractivity contribution in [2.24, 2.45) is 0 Å². The molecule has 0 unspecified atom stereocenters. The van der Waals surface area contributed by atoms with E-state index in [1.54, 1.807) is 17.5 Å². The summed E-state index contributed by atoms with van der Waals surface area (Å²) in [6, 6.07) is 0. The lowest BCUT2D eigenvalue weighted by atomic mass is 10.3. The minimum atomic E-state index is 0.138. The highest BCUT2D eigenvalue weighted by atomic mass is 32.1. The molecule has 0 fully saturated rings. The molecule has 1 aromatic rings. The molecule has 4 heteroatoms. The van der Waals surface area contributed by atoms with Crippen molar-refractivity contribution < 1.29 is 4.79 Å². The number of thiazole rings is 1. The summed E-state index contributed by atoms with van der Waals surface area (Å²) in [5.74, 6) is 0.138. The topological polar surface area (TPSA) is 42.0 Å². The highest BCUT2D eigenvalue weighted by molar-refractivity contribution is 7.09. The number of carbonyl (C=O) groups is 1. The summed E-state index contributed by atoms with van der Waals surface area (Å²) in [7, 11) is 0. The van der Waals surface area contributed by atoms with Crippen LogP contribution in [-0.4, -0.2) is 17.4 Å². The average Bonchev–Trinajstić information content (AvgIpc) is 2.57. The van der Waals surface area contributed by atoms with Crippen LogP contribution in [0.1, 0.15) is 24.8 Å². The molecule has 0 bridgehead atoms. The number of rotatable bonds is 5. The van der Waals surface area contributed by atoms with Crippen LogP contribution in [-0.2, 0) is 11.2 Å². The van der Waals surface area contributed by atoms with Crippen molar-refractivity contribution in [1.82, 2.24) is 10.3 Å². The van der Waals surface area contributed by atoms with Crippen LogP contribution >= 0.6 is 11.3 Å². The molecular formula is C9H14N2OS. The van der Waals surface area contributed by atoms with Gasteiger partial charge in [0.15, 0.2) is 0 Å². The zero-order valence-corrected chi connectivity index (χ0v) is 8.56. The van der Waals surface area contributed by atoms with Gasteiger partial charge in [0, 0.05) is 31.0 Å². The Bertz CT molecular complexity index is 246. The number of hydrogen-bond acceptors (Lipinski definition) is 3. The van der Waals surface area contributed by atoms with Crippen molar-refractivity contribution in [2.45, 2.75) is 26.2 Å². The van der Waals surface area contributed by atoms with Crippen LogP contribution in [0.2, 0.25) is 0 Å². The highest BCUT2D eigenvalue weighted by Crippen LogP contribution is 2.03. The van der Waals surface area contributed by atoms with Crippen LogP contribution in [0, 0.1) is 0 Å². The van der Waals surface area contributed by atoms with Gasteiger partial charge in [0.1, 0.15) is 0 Å². The molecule has 0 saturated heterocycles. The number of aromatic nitrogens is 1. The van der Waals surface area contributed by atoms with E-state index in [-0.39, 0.29) is 5.91 Å². The maximum absolute atomic E-state index is 11.0. The zero-order valence-electron chi connectivity index (χ0n) is 7.75. The average molecular weight is 198 g/mol.